The summed E-state index contributed by atoms with van der Waals surface area (Å²) in [6.45, 7) is 0.608. The number of hydrogen-bond donors (Lipinski definition) is 0. The van der Waals surface area contributed by atoms with Crippen LogP contribution in [-0.4, -0.2) is 25.6 Å². The summed E-state index contributed by atoms with van der Waals surface area (Å²) >= 11 is 12.1. The van der Waals surface area contributed by atoms with Crippen molar-refractivity contribution >= 4 is 34.2 Å². The van der Waals surface area contributed by atoms with Crippen molar-refractivity contribution < 1.29 is 0 Å². The van der Waals surface area contributed by atoms with Gasteiger partial charge in [0.25, 0.3) is 0 Å². The van der Waals surface area contributed by atoms with Gasteiger partial charge in [0.2, 0.25) is 0 Å². The van der Waals surface area contributed by atoms with E-state index in [2.05, 4.69) is 19.7 Å². The molecule has 0 atom stereocenters. The highest BCUT2D eigenvalue weighted by Crippen LogP contribution is 2.24. The molecule has 3 aromatic rings. The third-order valence-corrected chi connectivity index (χ3v) is 3.57. The fourth-order valence-corrected chi connectivity index (χ4v) is 2.57. The number of benzene rings is 1. The first kappa shape index (κ1) is 13.3. The van der Waals surface area contributed by atoms with Gasteiger partial charge in [0.15, 0.2) is 0 Å². The molecule has 6 heteroatoms. The maximum atomic E-state index is 6.21. The molecular formula is C14H12Cl2N4. The van der Waals surface area contributed by atoms with E-state index in [1.807, 2.05) is 30.3 Å². The third-order valence-electron chi connectivity index (χ3n) is 3.07. The normalized spacial score (nSPS) is 11.1. The Morgan fingerprint density at radius 1 is 1.15 bits per heavy atom. The van der Waals surface area contributed by atoms with Crippen LogP contribution >= 0.6 is 23.2 Å². The van der Waals surface area contributed by atoms with Crippen LogP contribution in [0.1, 0.15) is 11.5 Å². The minimum atomic E-state index is 0.515. The summed E-state index contributed by atoms with van der Waals surface area (Å²) < 4.78 is 2.09. The largest absolute Gasteiger partial charge is 0.322 e. The zero-order valence-electron chi connectivity index (χ0n) is 10.6. The lowest BCUT2D eigenvalue weighted by atomic mass is 10.3. The summed E-state index contributed by atoms with van der Waals surface area (Å²) in [6, 6.07) is 9.57. The van der Waals surface area contributed by atoms with Crippen molar-refractivity contribution in [3.8, 4) is 0 Å². The number of imidazole rings is 1. The predicted octanol–water partition coefficient (Wildman–Crippen LogP) is 3.31. The van der Waals surface area contributed by atoms with E-state index >= 15 is 0 Å². The summed E-state index contributed by atoms with van der Waals surface area (Å²) in [5.41, 5.74) is 2.67. The SMILES string of the molecule is ClCCc1nc2c(Cl)cccc2n1Cc1cccnn1. The lowest BCUT2D eigenvalue weighted by Gasteiger charge is -2.07. The highest BCUT2D eigenvalue weighted by atomic mass is 35.5. The average molecular weight is 307 g/mol. The highest BCUT2D eigenvalue weighted by Gasteiger charge is 2.13. The van der Waals surface area contributed by atoms with Crippen molar-refractivity contribution in [2.24, 2.45) is 0 Å². The molecule has 0 aliphatic heterocycles. The molecule has 0 saturated carbocycles. The molecule has 0 spiro atoms. The Bertz CT molecular complexity index is 725. The van der Waals surface area contributed by atoms with Gasteiger partial charge in [-0.05, 0) is 24.3 Å². The number of fused-ring (bicyclic) bond motifs is 1. The van der Waals surface area contributed by atoms with Crippen molar-refractivity contribution in [1.82, 2.24) is 19.7 Å². The van der Waals surface area contributed by atoms with Gasteiger partial charge in [0, 0.05) is 18.5 Å². The van der Waals surface area contributed by atoms with Gasteiger partial charge in [-0.1, -0.05) is 17.7 Å². The van der Waals surface area contributed by atoms with E-state index in [-0.39, 0.29) is 0 Å². The number of halogens is 2. The smallest absolute Gasteiger partial charge is 0.111 e. The van der Waals surface area contributed by atoms with Gasteiger partial charge >= 0.3 is 0 Å². The maximum Gasteiger partial charge on any atom is 0.111 e. The number of hydrogen-bond acceptors (Lipinski definition) is 3. The summed E-state index contributed by atoms with van der Waals surface area (Å²) in [6.07, 6.45) is 2.35. The lowest BCUT2D eigenvalue weighted by molar-refractivity contribution is 0.724. The predicted molar refractivity (Wildman–Crippen MR) is 80.3 cm³/mol. The van der Waals surface area contributed by atoms with Crippen molar-refractivity contribution in [3.05, 3.63) is 53.1 Å². The van der Waals surface area contributed by atoms with Crippen molar-refractivity contribution in [2.45, 2.75) is 13.0 Å². The van der Waals surface area contributed by atoms with Crippen LogP contribution in [0.4, 0.5) is 0 Å². The number of nitrogens with zero attached hydrogens (tertiary/aromatic N) is 4. The molecule has 0 saturated heterocycles. The molecule has 20 heavy (non-hydrogen) atoms. The van der Waals surface area contributed by atoms with Crippen LogP contribution < -0.4 is 0 Å². The zero-order valence-corrected chi connectivity index (χ0v) is 12.1. The molecule has 3 rings (SSSR count). The Labute approximate surface area is 126 Å². The first-order valence-corrected chi connectivity index (χ1v) is 7.17. The third kappa shape index (κ3) is 2.49. The number of alkyl halides is 1. The average Bonchev–Trinajstić information content (AvgIpc) is 2.81. The summed E-state index contributed by atoms with van der Waals surface area (Å²) in [5, 5.41) is 8.67. The maximum absolute atomic E-state index is 6.21. The molecule has 0 aliphatic rings. The van der Waals surface area contributed by atoms with Gasteiger partial charge in [-0.3, -0.25) is 0 Å². The molecule has 1 aromatic carbocycles. The molecule has 4 nitrogen and oxygen atoms in total. The second-order valence-electron chi connectivity index (χ2n) is 4.38. The van der Waals surface area contributed by atoms with Crippen LogP contribution in [0.2, 0.25) is 5.02 Å². The zero-order chi connectivity index (χ0) is 13.9. The summed E-state index contributed by atoms with van der Waals surface area (Å²) in [5.74, 6) is 1.43. The molecule has 0 unspecified atom stereocenters. The first-order valence-electron chi connectivity index (χ1n) is 6.26. The minimum absolute atomic E-state index is 0.515. The molecule has 0 N–H and O–H groups in total. The Hall–Kier alpha value is -1.65. The van der Waals surface area contributed by atoms with Crippen molar-refractivity contribution in [2.75, 3.05) is 5.88 Å². The van der Waals surface area contributed by atoms with Gasteiger partial charge in [0.1, 0.15) is 11.3 Å². The van der Waals surface area contributed by atoms with Gasteiger partial charge in [0.05, 0.1) is 22.8 Å². The molecular weight excluding hydrogens is 295 g/mol. The highest BCUT2D eigenvalue weighted by molar-refractivity contribution is 6.34. The van der Waals surface area contributed by atoms with E-state index in [1.54, 1.807) is 6.20 Å². The molecule has 2 aromatic heterocycles. The van der Waals surface area contributed by atoms with E-state index in [4.69, 9.17) is 23.2 Å². The number of aromatic nitrogens is 4. The molecule has 102 valence electrons. The Balaban J connectivity index is 2.12. The summed E-state index contributed by atoms with van der Waals surface area (Å²) in [4.78, 5) is 4.60. The molecule has 0 amide bonds. The van der Waals surface area contributed by atoms with Gasteiger partial charge < -0.3 is 4.57 Å². The number of para-hydroxylation sites is 1. The van der Waals surface area contributed by atoms with Gasteiger partial charge in [-0.25, -0.2) is 4.98 Å². The molecule has 0 bridgehead atoms. The van der Waals surface area contributed by atoms with Crippen LogP contribution in [0.15, 0.2) is 36.5 Å². The Kier molecular flexibility index (Phi) is 3.85. The lowest BCUT2D eigenvalue weighted by Crippen LogP contribution is -2.07. The van der Waals surface area contributed by atoms with Crippen molar-refractivity contribution in [1.29, 1.82) is 0 Å². The van der Waals surface area contributed by atoms with E-state index in [1.165, 1.54) is 0 Å². The van der Waals surface area contributed by atoms with Gasteiger partial charge in [-0.15, -0.1) is 11.6 Å². The standard InChI is InChI=1S/C14H12Cl2N4/c15-7-6-13-18-14-11(16)4-1-5-12(14)20(13)9-10-3-2-8-17-19-10/h1-5,8H,6-7,9H2. The number of rotatable bonds is 4. The topological polar surface area (TPSA) is 43.6 Å². The van der Waals surface area contributed by atoms with E-state index in [0.29, 0.717) is 23.9 Å². The molecule has 2 heterocycles. The van der Waals surface area contributed by atoms with Crippen LogP contribution in [0.25, 0.3) is 11.0 Å². The van der Waals surface area contributed by atoms with E-state index in [0.717, 1.165) is 22.6 Å². The fourth-order valence-electron chi connectivity index (χ4n) is 2.19. The van der Waals surface area contributed by atoms with Gasteiger partial charge in [-0.2, -0.15) is 10.2 Å². The van der Waals surface area contributed by atoms with E-state index in [9.17, 15) is 0 Å². The second kappa shape index (κ2) is 5.77. The van der Waals surface area contributed by atoms with Crippen LogP contribution in [0.3, 0.4) is 0 Å². The first-order chi connectivity index (χ1) is 9.79. The van der Waals surface area contributed by atoms with Crippen LogP contribution in [-0.2, 0) is 13.0 Å². The second-order valence-corrected chi connectivity index (χ2v) is 5.16. The van der Waals surface area contributed by atoms with E-state index < -0.39 is 0 Å². The van der Waals surface area contributed by atoms with Crippen molar-refractivity contribution in [3.63, 3.8) is 0 Å². The van der Waals surface area contributed by atoms with Crippen LogP contribution in [0.5, 0.6) is 0 Å². The Morgan fingerprint density at radius 3 is 2.80 bits per heavy atom. The Morgan fingerprint density at radius 2 is 2.05 bits per heavy atom. The van der Waals surface area contributed by atoms with Crippen LogP contribution in [0, 0.1) is 0 Å². The quantitative estimate of drug-likeness (QED) is 0.695. The fraction of sp³-hybridized carbons (Fsp3) is 0.214. The molecule has 0 aliphatic carbocycles. The summed E-state index contributed by atoms with van der Waals surface area (Å²) in [7, 11) is 0. The monoisotopic (exact) mass is 306 g/mol. The molecule has 0 radical (unpaired) electrons. The minimum Gasteiger partial charge on any atom is -0.322 e. The number of aryl methyl sites for hydroxylation is 1. The molecule has 0 fully saturated rings.